The highest BCUT2D eigenvalue weighted by molar-refractivity contribution is 7.80. The second-order valence-corrected chi connectivity index (χ2v) is 4.56. The number of aldehydes is 1. The van der Waals surface area contributed by atoms with Gasteiger partial charge in [-0.25, -0.2) is 0 Å². The molecule has 0 amide bonds. The number of ether oxygens (including phenoxy) is 1. The number of hydrogen-bond acceptors (Lipinski definition) is 3. The van der Waals surface area contributed by atoms with E-state index in [9.17, 15) is 4.79 Å². The Kier molecular flexibility index (Phi) is 4.42. The van der Waals surface area contributed by atoms with Gasteiger partial charge in [-0.15, -0.1) is 12.6 Å². The molecule has 0 bridgehead atoms. The molecule has 96 valence electrons. The monoisotopic (exact) mass is 270 g/mol. The van der Waals surface area contributed by atoms with E-state index in [4.69, 9.17) is 4.74 Å². The molecule has 2 nitrogen and oxygen atoms in total. The summed E-state index contributed by atoms with van der Waals surface area (Å²) in [6.45, 7) is 0. The summed E-state index contributed by atoms with van der Waals surface area (Å²) in [7, 11) is 1.56. The third-order valence-corrected chi connectivity index (χ3v) is 3.04. The fourth-order valence-electron chi connectivity index (χ4n) is 1.71. The third-order valence-electron chi connectivity index (χ3n) is 2.75. The van der Waals surface area contributed by atoms with Gasteiger partial charge in [-0.3, -0.25) is 4.79 Å². The molecule has 0 aromatic heterocycles. The first kappa shape index (κ1) is 13.4. The molecule has 0 radical (unpaired) electrons. The summed E-state index contributed by atoms with van der Waals surface area (Å²) in [4.78, 5) is 11.7. The molecule has 3 heteroatoms. The summed E-state index contributed by atoms with van der Waals surface area (Å²) >= 11 is 4.24. The van der Waals surface area contributed by atoms with Gasteiger partial charge in [-0.1, -0.05) is 30.4 Å². The van der Waals surface area contributed by atoms with Crippen molar-refractivity contribution in [2.75, 3.05) is 7.11 Å². The zero-order valence-electron chi connectivity index (χ0n) is 10.5. The predicted octanol–water partition coefficient (Wildman–Crippen LogP) is 3.97. The molecule has 2 aromatic rings. The minimum Gasteiger partial charge on any atom is -0.496 e. The molecule has 19 heavy (non-hydrogen) atoms. The lowest BCUT2D eigenvalue weighted by Gasteiger charge is -2.04. The second-order valence-electron chi connectivity index (χ2n) is 4.04. The van der Waals surface area contributed by atoms with Crippen molar-refractivity contribution < 1.29 is 9.53 Å². The maximum absolute atomic E-state index is 10.8. The van der Waals surface area contributed by atoms with Gasteiger partial charge in [-0.2, -0.15) is 0 Å². The van der Waals surface area contributed by atoms with Crippen LogP contribution in [0.2, 0.25) is 0 Å². The largest absolute Gasteiger partial charge is 0.496 e. The van der Waals surface area contributed by atoms with Crippen LogP contribution in [0.15, 0.2) is 47.4 Å². The van der Waals surface area contributed by atoms with Crippen LogP contribution in [-0.2, 0) is 0 Å². The van der Waals surface area contributed by atoms with Crippen LogP contribution in [0.3, 0.4) is 0 Å². The summed E-state index contributed by atoms with van der Waals surface area (Å²) in [5.41, 5.74) is 2.63. The average molecular weight is 270 g/mol. The van der Waals surface area contributed by atoms with Gasteiger partial charge in [0.15, 0.2) is 6.29 Å². The van der Waals surface area contributed by atoms with Gasteiger partial charge < -0.3 is 4.74 Å². The van der Waals surface area contributed by atoms with Crippen LogP contribution in [0.1, 0.15) is 21.5 Å². The summed E-state index contributed by atoms with van der Waals surface area (Å²) in [6.07, 6.45) is 4.77. The summed E-state index contributed by atoms with van der Waals surface area (Å²) < 4.78 is 5.17. The lowest BCUT2D eigenvalue weighted by molar-refractivity contribution is 0.112. The Labute approximate surface area is 118 Å². The van der Waals surface area contributed by atoms with Crippen LogP contribution in [0.5, 0.6) is 5.75 Å². The van der Waals surface area contributed by atoms with Crippen LogP contribution in [0.4, 0.5) is 0 Å². The van der Waals surface area contributed by atoms with Crippen molar-refractivity contribution in [1.29, 1.82) is 0 Å². The summed E-state index contributed by atoms with van der Waals surface area (Å²) in [6, 6.07) is 13.4. The first-order chi connectivity index (χ1) is 9.22. The number of hydrogen-bond donors (Lipinski definition) is 1. The normalized spacial score (nSPS) is 10.6. The van der Waals surface area contributed by atoms with E-state index in [1.54, 1.807) is 13.2 Å². The standard InChI is InChI=1S/C16H14O2S/c1-18-16-10-13(4-7-14(16)11-17)3-2-12-5-8-15(19)9-6-12/h2-11,19H,1H3/b3-2+. The molecule has 2 rings (SSSR count). The first-order valence-corrected chi connectivity index (χ1v) is 6.28. The Balaban J connectivity index is 2.23. The molecule has 0 heterocycles. The third kappa shape index (κ3) is 3.48. The Morgan fingerprint density at radius 2 is 1.63 bits per heavy atom. The molecule has 0 spiro atoms. The molecule has 0 aliphatic carbocycles. The molecule has 0 unspecified atom stereocenters. The SMILES string of the molecule is COc1cc(/C=C/c2ccc(S)cc2)ccc1C=O. The molecule has 0 fully saturated rings. The predicted molar refractivity (Wildman–Crippen MR) is 81.0 cm³/mol. The number of rotatable bonds is 4. The zero-order chi connectivity index (χ0) is 13.7. The van der Waals surface area contributed by atoms with E-state index in [0.717, 1.165) is 22.3 Å². The maximum Gasteiger partial charge on any atom is 0.153 e. The van der Waals surface area contributed by atoms with Crippen LogP contribution >= 0.6 is 12.6 Å². The van der Waals surface area contributed by atoms with Crippen molar-refractivity contribution in [3.63, 3.8) is 0 Å². The topological polar surface area (TPSA) is 26.3 Å². The smallest absolute Gasteiger partial charge is 0.153 e. The first-order valence-electron chi connectivity index (χ1n) is 5.83. The van der Waals surface area contributed by atoms with Gasteiger partial charge in [0.05, 0.1) is 12.7 Å². The highest BCUT2D eigenvalue weighted by Crippen LogP contribution is 2.20. The Morgan fingerprint density at radius 1 is 1.00 bits per heavy atom. The molecule has 2 aromatic carbocycles. The molecule has 0 atom stereocenters. The lowest BCUT2D eigenvalue weighted by atomic mass is 10.1. The van der Waals surface area contributed by atoms with Crippen molar-refractivity contribution in [1.82, 2.24) is 0 Å². The molecule has 0 aliphatic rings. The van der Waals surface area contributed by atoms with Gasteiger partial charge in [0.25, 0.3) is 0 Å². The van der Waals surface area contributed by atoms with Gasteiger partial charge in [0.1, 0.15) is 5.75 Å². The summed E-state index contributed by atoms with van der Waals surface area (Å²) in [5, 5.41) is 0. The molecular weight excluding hydrogens is 256 g/mol. The van der Waals surface area contributed by atoms with Crippen LogP contribution in [0, 0.1) is 0 Å². The molecule has 0 N–H and O–H groups in total. The molecule has 0 saturated carbocycles. The van der Waals surface area contributed by atoms with Crippen LogP contribution in [-0.4, -0.2) is 13.4 Å². The highest BCUT2D eigenvalue weighted by atomic mass is 32.1. The Hall–Kier alpha value is -2.00. The number of carbonyl (C=O) groups excluding carboxylic acids is 1. The van der Waals surface area contributed by atoms with Gasteiger partial charge in [0.2, 0.25) is 0 Å². The molecular formula is C16H14O2S. The fourth-order valence-corrected chi connectivity index (χ4v) is 1.86. The minimum atomic E-state index is 0.555. The van der Waals surface area contributed by atoms with Crippen LogP contribution in [0.25, 0.3) is 12.2 Å². The highest BCUT2D eigenvalue weighted by Gasteiger charge is 2.01. The zero-order valence-corrected chi connectivity index (χ0v) is 11.4. The van der Waals surface area contributed by atoms with Crippen molar-refractivity contribution >= 4 is 31.1 Å². The van der Waals surface area contributed by atoms with Crippen molar-refractivity contribution in [3.8, 4) is 5.75 Å². The van der Waals surface area contributed by atoms with E-state index in [2.05, 4.69) is 12.6 Å². The quantitative estimate of drug-likeness (QED) is 0.517. The van der Waals surface area contributed by atoms with Gasteiger partial charge in [-0.05, 0) is 35.4 Å². The Bertz CT molecular complexity index is 601. The fraction of sp³-hybridized carbons (Fsp3) is 0.0625. The van der Waals surface area contributed by atoms with Crippen molar-refractivity contribution in [2.24, 2.45) is 0 Å². The minimum absolute atomic E-state index is 0.555. The Morgan fingerprint density at radius 3 is 2.26 bits per heavy atom. The van der Waals surface area contributed by atoms with E-state index in [1.807, 2.05) is 48.6 Å². The van der Waals surface area contributed by atoms with E-state index >= 15 is 0 Å². The molecule has 0 saturated heterocycles. The van der Waals surface area contributed by atoms with Gasteiger partial charge in [0, 0.05) is 4.90 Å². The average Bonchev–Trinajstić information content (AvgIpc) is 2.46. The second kappa shape index (κ2) is 6.25. The lowest BCUT2D eigenvalue weighted by Crippen LogP contribution is -1.90. The van der Waals surface area contributed by atoms with Crippen molar-refractivity contribution in [3.05, 3.63) is 59.2 Å². The maximum atomic E-state index is 10.8. The van der Waals surface area contributed by atoms with E-state index in [0.29, 0.717) is 11.3 Å². The number of benzene rings is 2. The van der Waals surface area contributed by atoms with E-state index in [1.165, 1.54) is 0 Å². The molecule has 0 aliphatic heterocycles. The van der Waals surface area contributed by atoms with Crippen molar-refractivity contribution in [2.45, 2.75) is 4.90 Å². The number of methoxy groups -OCH3 is 1. The number of carbonyl (C=O) groups is 1. The van der Waals surface area contributed by atoms with Crippen LogP contribution < -0.4 is 4.74 Å². The van der Waals surface area contributed by atoms with E-state index < -0.39 is 0 Å². The van der Waals surface area contributed by atoms with Gasteiger partial charge >= 0.3 is 0 Å². The number of thiol groups is 1. The summed E-state index contributed by atoms with van der Waals surface area (Å²) in [5.74, 6) is 0.586. The van der Waals surface area contributed by atoms with E-state index in [-0.39, 0.29) is 0 Å².